The van der Waals surface area contributed by atoms with E-state index in [-0.39, 0.29) is 0 Å². The number of pyridine rings is 1. The number of halogens is 3. The van der Waals surface area contributed by atoms with Crippen LogP contribution < -0.4 is 5.32 Å². The summed E-state index contributed by atoms with van der Waals surface area (Å²) in [5.74, 6) is 0. The van der Waals surface area contributed by atoms with Crippen LogP contribution in [-0.4, -0.2) is 4.98 Å². The lowest BCUT2D eigenvalue weighted by molar-refractivity contribution is 1.39. The van der Waals surface area contributed by atoms with E-state index in [1.165, 1.54) is 0 Å². The number of aromatic nitrogens is 1. The lowest BCUT2D eigenvalue weighted by Crippen LogP contribution is -2.02. The van der Waals surface area contributed by atoms with E-state index in [1.807, 2.05) is 18.2 Å². The molecular formula is C11H5Cl3N2. The van der Waals surface area contributed by atoms with Gasteiger partial charge < -0.3 is 5.32 Å². The molecule has 1 aliphatic heterocycles. The number of rotatable bonds is 0. The molecule has 0 aliphatic carbocycles. The van der Waals surface area contributed by atoms with E-state index in [9.17, 15) is 0 Å². The number of hydrogen-bond donors (Lipinski definition) is 1. The van der Waals surface area contributed by atoms with E-state index < -0.39 is 0 Å². The standard InChI is InChI=1S/C11H5Cl3N2/c12-8-4-5-9-6(15-8)2-1-3-7(9)16-11(14)10(5)13/h1-4,15H. The predicted molar refractivity (Wildman–Crippen MR) is 69.2 cm³/mol. The van der Waals surface area contributed by atoms with Gasteiger partial charge in [0.25, 0.3) is 0 Å². The van der Waals surface area contributed by atoms with Crippen molar-refractivity contribution in [2.45, 2.75) is 0 Å². The van der Waals surface area contributed by atoms with Crippen LogP contribution in [-0.2, 0) is 0 Å². The van der Waals surface area contributed by atoms with Crippen LogP contribution >= 0.6 is 34.8 Å². The summed E-state index contributed by atoms with van der Waals surface area (Å²) in [5.41, 5.74) is 2.51. The molecule has 0 spiro atoms. The van der Waals surface area contributed by atoms with Gasteiger partial charge in [-0.3, -0.25) is 0 Å². The van der Waals surface area contributed by atoms with E-state index in [0.717, 1.165) is 22.2 Å². The molecule has 5 heteroatoms. The van der Waals surface area contributed by atoms with Crippen molar-refractivity contribution in [3.63, 3.8) is 0 Å². The number of benzene rings is 1. The molecule has 0 amide bonds. The smallest absolute Gasteiger partial charge is 0.148 e. The minimum Gasteiger partial charge on any atom is -0.346 e. The molecule has 1 N–H and O–H groups in total. The summed E-state index contributed by atoms with van der Waals surface area (Å²) in [6.45, 7) is 0. The number of nitrogens with one attached hydrogen (secondary N) is 1. The third-order valence-corrected chi connectivity index (χ3v) is 3.43. The first kappa shape index (κ1) is 10.2. The molecular weight excluding hydrogens is 266 g/mol. The Hall–Kier alpha value is -0.960. The van der Waals surface area contributed by atoms with Gasteiger partial charge in [0.1, 0.15) is 10.3 Å². The zero-order valence-electron chi connectivity index (χ0n) is 7.89. The van der Waals surface area contributed by atoms with Crippen molar-refractivity contribution in [3.8, 4) is 0 Å². The first-order chi connectivity index (χ1) is 7.66. The molecule has 1 aliphatic rings. The normalized spacial score (nSPS) is 13.6. The van der Waals surface area contributed by atoms with Crippen molar-refractivity contribution in [1.82, 2.24) is 4.98 Å². The van der Waals surface area contributed by atoms with Crippen LogP contribution in [0.2, 0.25) is 10.2 Å². The van der Waals surface area contributed by atoms with E-state index in [4.69, 9.17) is 34.8 Å². The Kier molecular flexibility index (Phi) is 2.25. The Morgan fingerprint density at radius 1 is 1.12 bits per heavy atom. The van der Waals surface area contributed by atoms with Crippen molar-refractivity contribution in [2.24, 2.45) is 0 Å². The van der Waals surface area contributed by atoms with Gasteiger partial charge in [0.15, 0.2) is 0 Å². The minimum atomic E-state index is 0.295. The fourth-order valence-electron chi connectivity index (χ4n) is 1.82. The fourth-order valence-corrected chi connectivity index (χ4v) is 2.42. The molecule has 1 aromatic heterocycles. The molecule has 0 saturated heterocycles. The highest BCUT2D eigenvalue weighted by molar-refractivity contribution is 6.44. The highest BCUT2D eigenvalue weighted by Gasteiger charge is 2.17. The zero-order chi connectivity index (χ0) is 11.3. The van der Waals surface area contributed by atoms with Crippen LogP contribution in [0.4, 0.5) is 5.69 Å². The Bertz CT molecular complexity index is 635. The second kappa shape index (κ2) is 3.52. The summed E-state index contributed by atoms with van der Waals surface area (Å²) < 4.78 is 0. The third-order valence-electron chi connectivity index (χ3n) is 2.47. The van der Waals surface area contributed by atoms with Gasteiger partial charge in [-0.1, -0.05) is 40.9 Å². The zero-order valence-corrected chi connectivity index (χ0v) is 10.2. The van der Waals surface area contributed by atoms with Gasteiger partial charge >= 0.3 is 0 Å². The number of hydrogen-bond acceptors (Lipinski definition) is 2. The van der Waals surface area contributed by atoms with E-state index in [2.05, 4.69) is 10.3 Å². The van der Waals surface area contributed by atoms with Crippen molar-refractivity contribution in [3.05, 3.63) is 39.1 Å². The SMILES string of the molecule is ClC1=Cc2c(Cl)c(Cl)nc3cccc(c23)N1. The summed E-state index contributed by atoms with van der Waals surface area (Å²) in [5, 5.41) is 5.25. The first-order valence-corrected chi connectivity index (χ1v) is 5.72. The van der Waals surface area contributed by atoms with Crippen molar-refractivity contribution in [2.75, 3.05) is 5.32 Å². The second-order valence-electron chi connectivity index (χ2n) is 3.45. The highest BCUT2D eigenvalue weighted by atomic mass is 35.5. The van der Waals surface area contributed by atoms with Gasteiger partial charge in [0, 0.05) is 16.6 Å². The molecule has 0 bridgehead atoms. The summed E-state index contributed by atoms with van der Waals surface area (Å²) in [6.07, 6.45) is 1.76. The van der Waals surface area contributed by atoms with E-state index >= 15 is 0 Å². The Balaban J connectivity index is 2.54. The van der Waals surface area contributed by atoms with Crippen LogP contribution in [0.15, 0.2) is 23.4 Å². The molecule has 0 radical (unpaired) electrons. The molecule has 1 aromatic carbocycles. The predicted octanol–water partition coefficient (Wildman–Crippen LogP) is 4.50. The van der Waals surface area contributed by atoms with Crippen LogP contribution in [0.5, 0.6) is 0 Å². The molecule has 2 aromatic rings. The highest BCUT2D eigenvalue weighted by Crippen LogP contribution is 2.39. The molecule has 0 saturated carbocycles. The average Bonchev–Trinajstić information content (AvgIpc) is 2.25. The lowest BCUT2D eigenvalue weighted by Gasteiger charge is -2.17. The van der Waals surface area contributed by atoms with Crippen molar-refractivity contribution >= 4 is 57.5 Å². The van der Waals surface area contributed by atoms with Crippen LogP contribution in [0, 0.1) is 0 Å². The fraction of sp³-hybridized carbons (Fsp3) is 0. The third kappa shape index (κ3) is 1.38. The van der Waals surface area contributed by atoms with Crippen molar-refractivity contribution < 1.29 is 0 Å². The largest absolute Gasteiger partial charge is 0.346 e. The number of nitrogens with zero attached hydrogens (tertiary/aromatic N) is 1. The lowest BCUT2D eigenvalue weighted by atomic mass is 10.0. The molecule has 16 heavy (non-hydrogen) atoms. The quantitative estimate of drug-likeness (QED) is 0.563. The maximum atomic E-state index is 6.12. The van der Waals surface area contributed by atoms with E-state index in [0.29, 0.717) is 15.3 Å². The molecule has 3 rings (SSSR count). The molecule has 2 nitrogen and oxygen atoms in total. The van der Waals surface area contributed by atoms with Gasteiger partial charge in [-0.05, 0) is 18.2 Å². The molecule has 0 atom stereocenters. The summed E-state index contributed by atoms with van der Waals surface area (Å²) in [7, 11) is 0. The van der Waals surface area contributed by atoms with Crippen LogP contribution in [0.1, 0.15) is 5.56 Å². The maximum absolute atomic E-state index is 6.12. The Morgan fingerprint density at radius 2 is 1.94 bits per heavy atom. The number of anilines is 1. The van der Waals surface area contributed by atoms with Gasteiger partial charge in [0.05, 0.1) is 10.5 Å². The van der Waals surface area contributed by atoms with Gasteiger partial charge in [-0.15, -0.1) is 0 Å². The topological polar surface area (TPSA) is 24.9 Å². The Labute approximate surface area is 107 Å². The van der Waals surface area contributed by atoms with E-state index in [1.54, 1.807) is 6.08 Å². The van der Waals surface area contributed by atoms with Gasteiger partial charge in [-0.2, -0.15) is 0 Å². The van der Waals surface area contributed by atoms with Crippen LogP contribution in [0.25, 0.3) is 17.0 Å². The Morgan fingerprint density at radius 3 is 2.75 bits per heavy atom. The maximum Gasteiger partial charge on any atom is 0.148 e. The molecule has 0 fully saturated rings. The first-order valence-electron chi connectivity index (χ1n) is 4.59. The minimum absolute atomic E-state index is 0.295. The van der Waals surface area contributed by atoms with Gasteiger partial charge in [0.2, 0.25) is 0 Å². The monoisotopic (exact) mass is 270 g/mol. The van der Waals surface area contributed by atoms with Crippen molar-refractivity contribution in [1.29, 1.82) is 0 Å². The average molecular weight is 272 g/mol. The molecule has 80 valence electrons. The molecule has 2 heterocycles. The summed E-state index contributed by atoms with van der Waals surface area (Å²) >= 11 is 18.1. The summed E-state index contributed by atoms with van der Waals surface area (Å²) in [4.78, 5) is 4.22. The second-order valence-corrected chi connectivity index (χ2v) is 4.59. The van der Waals surface area contributed by atoms with Crippen LogP contribution in [0.3, 0.4) is 0 Å². The summed E-state index contributed by atoms with van der Waals surface area (Å²) in [6, 6.07) is 5.70. The molecule has 0 unspecified atom stereocenters. The van der Waals surface area contributed by atoms with Gasteiger partial charge in [-0.25, -0.2) is 4.98 Å².